The van der Waals surface area contributed by atoms with E-state index in [0.29, 0.717) is 0 Å². The fourth-order valence-corrected chi connectivity index (χ4v) is 4.72. The van der Waals surface area contributed by atoms with E-state index in [1.807, 2.05) is 36.4 Å². The summed E-state index contributed by atoms with van der Waals surface area (Å²) in [5.41, 5.74) is 4.86. The lowest BCUT2D eigenvalue weighted by atomic mass is 9.69. The average molecular weight is 377 g/mol. The molecule has 3 aromatic rings. The van der Waals surface area contributed by atoms with E-state index < -0.39 is 0 Å². The molecule has 4 heteroatoms. The van der Waals surface area contributed by atoms with Crippen LogP contribution in [0.1, 0.15) is 38.3 Å². The van der Waals surface area contributed by atoms with E-state index in [1.54, 1.807) is 16.3 Å². The predicted molar refractivity (Wildman–Crippen MR) is 113 cm³/mol. The number of benzene rings is 2. The number of aromatic nitrogens is 2. The van der Waals surface area contributed by atoms with E-state index in [1.165, 1.54) is 5.56 Å². The van der Waals surface area contributed by atoms with E-state index in [2.05, 4.69) is 39.0 Å². The maximum absolute atomic E-state index is 13.8. The molecule has 0 aliphatic heterocycles. The monoisotopic (exact) mass is 376 g/mol. The molecule has 3 nitrogen and oxygen atoms in total. The van der Waals surface area contributed by atoms with Gasteiger partial charge in [0.15, 0.2) is 5.16 Å². The lowest BCUT2D eigenvalue weighted by Crippen LogP contribution is -2.39. The van der Waals surface area contributed by atoms with Crippen LogP contribution in [0.3, 0.4) is 0 Å². The van der Waals surface area contributed by atoms with Crippen molar-refractivity contribution in [3.63, 3.8) is 0 Å². The molecule has 4 rings (SSSR count). The Kier molecular flexibility index (Phi) is 4.68. The largest absolute Gasteiger partial charge is 0.268 e. The van der Waals surface area contributed by atoms with E-state index >= 15 is 0 Å². The quantitative estimate of drug-likeness (QED) is 0.462. The Labute approximate surface area is 164 Å². The lowest BCUT2D eigenvalue weighted by Gasteiger charge is -2.35. The second kappa shape index (κ2) is 7.01. The summed E-state index contributed by atoms with van der Waals surface area (Å²) in [5, 5.41) is 0.766. The van der Waals surface area contributed by atoms with Gasteiger partial charge in [-0.3, -0.25) is 9.36 Å². The van der Waals surface area contributed by atoms with Gasteiger partial charge in [-0.15, -0.1) is 0 Å². The Morgan fingerprint density at radius 1 is 1.07 bits per heavy atom. The van der Waals surface area contributed by atoms with Crippen molar-refractivity contribution in [3.05, 3.63) is 76.1 Å². The molecular formula is C23H24N2OS. The fourth-order valence-electron chi connectivity index (χ4n) is 3.99. The summed E-state index contributed by atoms with van der Waals surface area (Å²) in [6.45, 7) is 6.46. The number of rotatable bonds is 4. The van der Waals surface area contributed by atoms with Crippen molar-refractivity contribution in [1.82, 2.24) is 9.55 Å². The maximum Gasteiger partial charge on any atom is 0.263 e. The molecule has 0 radical (unpaired) electrons. The van der Waals surface area contributed by atoms with Gasteiger partial charge >= 0.3 is 0 Å². The highest BCUT2D eigenvalue weighted by molar-refractivity contribution is 7.99. The third kappa shape index (κ3) is 2.92. The van der Waals surface area contributed by atoms with Gasteiger partial charge in [0.2, 0.25) is 0 Å². The van der Waals surface area contributed by atoms with Crippen LogP contribution in [0.2, 0.25) is 0 Å². The lowest BCUT2D eigenvalue weighted by molar-refractivity contribution is 0.435. The molecule has 0 N–H and O–H groups in total. The highest BCUT2D eigenvalue weighted by Gasteiger charge is 2.38. The summed E-state index contributed by atoms with van der Waals surface area (Å²) in [6.07, 6.45) is 1.78. The van der Waals surface area contributed by atoms with Gasteiger partial charge in [0, 0.05) is 11.0 Å². The first-order chi connectivity index (χ1) is 13.1. The molecule has 1 aliphatic carbocycles. The zero-order valence-corrected chi connectivity index (χ0v) is 16.8. The Morgan fingerprint density at radius 2 is 1.78 bits per heavy atom. The molecule has 27 heavy (non-hydrogen) atoms. The second-order valence-corrected chi connectivity index (χ2v) is 8.51. The number of nitrogens with zero attached hydrogens (tertiary/aromatic N) is 2. The molecule has 1 atom stereocenters. The molecule has 0 unspecified atom stereocenters. The highest BCUT2D eigenvalue weighted by Crippen LogP contribution is 2.43. The van der Waals surface area contributed by atoms with Crippen molar-refractivity contribution in [2.75, 3.05) is 5.75 Å². The van der Waals surface area contributed by atoms with Crippen molar-refractivity contribution < 1.29 is 0 Å². The Balaban J connectivity index is 2.10. The van der Waals surface area contributed by atoms with Crippen molar-refractivity contribution in [3.8, 4) is 16.9 Å². The summed E-state index contributed by atoms with van der Waals surface area (Å²) in [4.78, 5) is 18.9. The highest BCUT2D eigenvalue weighted by atomic mass is 32.2. The summed E-state index contributed by atoms with van der Waals surface area (Å²) >= 11 is 1.62. The minimum Gasteiger partial charge on any atom is -0.268 e. The molecule has 0 saturated carbocycles. The Morgan fingerprint density at radius 3 is 2.48 bits per heavy atom. The minimum absolute atomic E-state index is 0.0704. The molecule has 2 aromatic carbocycles. The van der Waals surface area contributed by atoms with E-state index in [9.17, 15) is 4.79 Å². The molecule has 0 fully saturated rings. The van der Waals surface area contributed by atoms with Crippen LogP contribution in [0.4, 0.5) is 0 Å². The molecule has 0 bridgehead atoms. The van der Waals surface area contributed by atoms with E-state index in [0.717, 1.165) is 46.3 Å². The molecule has 1 aromatic heterocycles. The average Bonchev–Trinajstić information content (AvgIpc) is 2.69. The number of thioether (sulfide) groups is 1. The molecule has 0 spiro atoms. The standard InChI is InChI=1S/C23H24N2OS/c1-4-23(3)15-16-11-9-10-14-18(16)20-19(23)21(26)25(22(24-20)27-5-2)17-12-7-6-8-13-17/h6-14H,4-5,15H2,1-3H3/t23-/m1/s1. The van der Waals surface area contributed by atoms with E-state index in [4.69, 9.17) is 4.98 Å². The van der Waals surface area contributed by atoms with Gasteiger partial charge in [0.05, 0.1) is 16.9 Å². The number of para-hydroxylation sites is 1. The zero-order valence-electron chi connectivity index (χ0n) is 16.0. The molecular weight excluding hydrogens is 352 g/mol. The fraction of sp³-hybridized carbons (Fsp3) is 0.304. The van der Waals surface area contributed by atoms with Crippen LogP contribution in [0.25, 0.3) is 16.9 Å². The van der Waals surface area contributed by atoms with Crippen LogP contribution >= 0.6 is 11.8 Å². The molecule has 0 amide bonds. The van der Waals surface area contributed by atoms with Crippen LogP contribution in [0.15, 0.2) is 64.5 Å². The van der Waals surface area contributed by atoms with Gasteiger partial charge in [-0.1, -0.05) is 75.0 Å². The smallest absolute Gasteiger partial charge is 0.263 e. The van der Waals surface area contributed by atoms with Crippen molar-refractivity contribution in [2.24, 2.45) is 0 Å². The van der Waals surface area contributed by atoms with Crippen molar-refractivity contribution >= 4 is 11.8 Å². The SMILES string of the molecule is CCSc1nc2c(c(=O)n1-c1ccccc1)[C@](C)(CC)Cc1ccccc1-2. The van der Waals surface area contributed by atoms with Crippen LogP contribution in [-0.4, -0.2) is 15.3 Å². The first-order valence-corrected chi connectivity index (χ1v) is 10.5. The van der Waals surface area contributed by atoms with Crippen LogP contribution in [-0.2, 0) is 11.8 Å². The summed E-state index contributed by atoms with van der Waals surface area (Å²) < 4.78 is 1.80. The van der Waals surface area contributed by atoms with Gasteiger partial charge in [-0.2, -0.15) is 0 Å². The van der Waals surface area contributed by atoms with Crippen molar-refractivity contribution in [2.45, 2.75) is 44.2 Å². The van der Waals surface area contributed by atoms with E-state index in [-0.39, 0.29) is 11.0 Å². The second-order valence-electron chi connectivity index (χ2n) is 7.28. The third-order valence-corrected chi connectivity index (χ3v) is 6.40. The Bertz CT molecular complexity index is 1040. The predicted octanol–water partition coefficient (Wildman–Crippen LogP) is 5.24. The maximum atomic E-state index is 13.8. The van der Waals surface area contributed by atoms with Crippen LogP contribution in [0, 0.1) is 0 Å². The molecule has 1 aliphatic rings. The number of hydrogen-bond acceptors (Lipinski definition) is 3. The zero-order chi connectivity index (χ0) is 19.0. The topological polar surface area (TPSA) is 34.9 Å². The summed E-state index contributed by atoms with van der Waals surface area (Å²) in [6, 6.07) is 18.3. The molecule has 138 valence electrons. The first-order valence-electron chi connectivity index (χ1n) is 9.53. The Hall–Kier alpha value is -2.33. The van der Waals surface area contributed by atoms with Crippen LogP contribution in [0.5, 0.6) is 0 Å². The van der Waals surface area contributed by atoms with Gasteiger partial charge in [0.1, 0.15) is 0 Å². The van der Waals surface area contributed by atoms with Gasteiger partial charge < -0.3 is 0 Å². The van der Waals surface area contributed by atoms with Gasteiger partial charge in [-0.25, -0.2) is 4.98 Å². The summed E-state index contributed by atoms with van der Waals surface area (Å²) in [5.74, 6) is 0.866. The van der Waals surface area contributed by atoms with Gasteiger partial charge in [-0.05, 0) is 36.3 Å². The normalized spacial score (nSPS) is 18.0. The molecule has 0 saturated heterocycles. The number of hydrogen-bond donors (Lipinski definition) is 0. The minimum atomic E-state index is -0.209. The third-order valence-electron chi connectivity index (χ3n) is 5.58. The molecule has 1 heterocycles. The summed E-state index contributed by atoms with van der Waals surface area (Å²) in [7, 11) is 0. The van der Waals surface area contributed by atoms with Gasteiger partial charge in [0.25, 0.3) is 5.56 Å². The first kappa shape index (κ1) is 18.1. The van der Waals surface area contributed by atoms with Crippen molar-refractivity contribution in [1.29, 1.82) is 0 Å². The number of fused-ring (bicyclic) bond motifs is 3. The van der Waals surface area contributed by atoms with Crippen LogP contribution < -0.4 is 5.56 Å².